The monoisotopic (exact) mass is 303 g/mol. The van der Waals surface area contributed by atoms with Crippen molar-refractivity contribution in [1.29, 1.82) is 0 Å². The van der Waals surface area contributed by atoms with E-state index in [4.69, 9.17) is 23.1 Å². The summed E-state index contributed by atoms with van der Waals surface area (Å²) in [6.07, 6.45) is 0.433. The van der Waals surface area contributed by atoms with Gasteiger partial charge < -0.3 is 11.5 Å². The zero-order chi connectivity index (χ0) is 14.2. The van der Waals surface area contributed by atoms with Gasteiger partial charge in [-0.25, -0.2) is 8.42 Å². The lowest BCUT2D eigenvalue weighted by molar-refractivity contribution is -0.121. The van der Waals surface area contributed by atoms with Crippen molar-refractivity contribution in [3.8, 4) is 0 Å². The predicted octanol–water partition coefficient (Wildman–Crippen LogP) is 0.418. The third-order valence-electron chi connectivity index (χ3n) is 3.14. The molecule has 4 N–H and O–H groups in total. The van der Waals surface area contributed by atoms with Gasteiger partial charge in [-0.15, -0.1) is 0 Å². The largest absolute Gasteiger partial charge is 0.398 e. The first-order valence-electron chi connectivity index (χ1n) is 5.67. The van der Waals surface area contributed by atoms with Crippen LogP contribution in [0.25, 0.3) is 0 Å². The molecule has 1 aromatic rings. The Balaban J connectivity index is 2.31. The molecule has 1 atom stereocenters. The molecule has 1 heterocycles. The van der Waals surface area contributed by atoms with E-state index in [2.05, 4.69) is 0 Å². The van der Waals surface area contributed by atoms with E-state index in [1.807, 2.05) is 0 Å². The summed E-state index contributed by atoms with van der Waals surface area (Å²) in [5.74, 6) is -0.926. The van der Waals surface area contributed by atoms with Gasteiger partial charge in [0.1, 0.15) is 4.90 Å². The first-order valence-corrected chi connectivity index (χ1v) is 7.48. The van der Waals surface area contributed by atoms with Gasteiger partial charge in [-0.3, -0.25) is 4.79 Å². The third kappa shape index (κ3) is 2.68. The molecule has 1 amide bonds. The summed E-state index contributed by atoms with van der Waals surface area (Å²) in [6, 6.07) is 4.22. The molecule has 1 aliphatic rings. The van der Waals surface area contributed by atoms with Crippen LogP contribution in [0.4, 0.5) is 5.69 Å². The molecule has 0 bridgehead atoms. The number of halogens is 1. The van der Waals surface area contributed by atoms with Gasteiger partial charge in [0.15, 0.2) is 0 Å². The number of nitrogens with zero attached hydrogens (tertiary/aromatic N) is 1. The first-order chi connectivity index (χ1) is 8.82. The summed E-state index contributed by atoms with van der Waals surface area (Å²) in [4.78, 5) is 11.1. The van der Waals surface area contributed by atoms with Crippen LogP contribution in [0.3, 0.4) is 0 Å². The van der Waals surface area contributed by atoms with Crippen LogP contribution >= 0.6 is 11.6 Å². The lowest BCUT2D eigenvalue weighted by Gasteiger charge is -2.17. The van der Waals surface area contributed by atoms with Crippen LogP contribution in [0.15, 0.2) is 23.1 Å². The summed E-state index contributed by atoms with van der Waals surface area (Å²) in [7, 11) is -3.71. The Morgan fingerprint density at radius 3 is 2.63 bits per heavy atom. The zero-order valence-corrected chi connectivity index (χ0v) is 11.6. The topological polar surface area (TPSA) is 106 Å². The van der Waals surface area contributed by atoms with Crippen LogP contribution < -0.4 is 11.5 Å². The fourth-order valence-corrected chi connectivity index (χ4v) is 3.85. The number of nitrogens with two attached hydrogens (primary N) is 2. The van der Waals surface area contributed by atoms with Crippen LogP contribution in [-0.4, -0.2) is 31.7 Å². The minimum absolute atomic E-state index is 0.00187. The Morgan fingerprint density at radius 2 is 2.11 bits per heavy atom. The minimum atomic E-state index is -3.71. The van der Waals surface area contributed by atoms with Gasteiger partial charge in [-0.2, -0.15) is 4.31 Å². The highest BCUT2D eigenvalue weighted by Gasteiger charge is 2.35. The molecule has 1 aromatic carbocycles. The number of anilines is 1. The summed E-state index contributed by atoms with van der Waals surface area (Å²) in [5, 5.41) is 0.368. The first kappa shape index (κ1) is 14.1. The fourth-order valence-electron chi connectivity index (χ4n) is 2.07. The summed E-state index contributed by atoms with van der Waals surface area (Å²) < 4.78 is 26.0. The Hall–Kier alpha value is -1.31. The van der Waals surface area contributed by atoms with E-state index >= 15 is 0 Å². The molecule has 0 radical (unpaired) electrons. The van der Waals surface area contributed by atoms with Crippen LogP contribution in [-0.2, 0) is 14.8 Å². The number of hydrogen-bond acceptors (Lipinski definition) is 4. The Bertz CT molecular complexity index is 618. The van der Waals surface area contributed by atoms with Crippen molar-refractivity contribution in [2.45, 2.75) is 11.3 Å². The normalized spacial score (nSPS) is 20.6. The van der Waals surface area contributed by atoms with E-state index in [1.54, 1.807) is 0 Å². The average molecular weight is 304 g/mol. The molecule has 0 spiro atoms. The number of primary amides is 1. The molecule has 19 heavy (non-hydrogen) atoms. The van der Waals surface area contributed by atoms with Gasteiger partial charge in [0.2, 0.25) is 15.9 Å². The lowest BCUT2D eigenvalue weighted by atomic mass is 10.1. The highest BCUT2D eigenvalue weighted by molar-refractivity contribution is 7.89. The Labute approximate surface area is 116 Å². The second-order valence-corrected chi connectivity index (χ2v) is 6.78. The van der Waals surface area contributed by atoms with E-state index < -0.39 is 21.8 Å². The summed E-state index contributed by atoms with van der Waals surface area (Å²) in [5.41, 5.74) is 11.0. The van der Waals surface area contributed by atoms with Gasteiger partial charge in [0.05, 0.1) is 11.6 Å². The van der Waals surface area contributed by atoms with E-state index in [1.165, 1.54) is 22.5 Å². The molecule has 6 nitrogen and oxygen atoms in total. The lowest BCUT2D eigenvalue weighted by Crippen LogP contribution is -2.32. The van der Waals surface area contributed by atoms with E-state index in [-0.39, 0.29) is 23.7 Å². The number of hydrogen-bond donors (Lipinski definition) is 2. The number of amides is 1. The number of benzene rings is 1. The number of carbonyl (C=O) groups is 1. The second-order valence-electron chi connectivity index (χ2n) is 4.43. The molecule has 8 heteroatoms. The quantitative estimate of drug-likeness (QED) is 0.789. The Kier molecular flexibility index (Phi) is 3.71. The molecule has 2 rings (SSSR count). The average Bonchev–Trinajstić information content (AvgIpc) is 2.78. The molecule has 1 unspecified atom stereocenters. The van der Waals surface area contributed by atoms with Crippen LogP contribution in [0.1, 0.15) is 6.42 Å². The van der Waals surface area contributed by atoms with Gasteiger partial charge >= 0.3 is 0 Å². The number of rotatable bonds is 3. The number of carbonyl (C=O) groups excluding carboxylic acids is 1. The van der Waals surface area contributed by atoms with Gasteiger partial charge in [-0.1, -0.05) is 11.6 Å². The SMILES string of the molecule is NC(=O)C1CCN(S(=O)(=O)c2ccc(Cl)cc2N)C1. The number of sulfonamides is 1. The molecule has 1 fully saturated rings. The molecular formula is C11H14ClN3O3S. The fraction of sp³-hybridized carbons (Fsp3) is 0.364. The minimum Gasteiger partial charge on any atom is -0.398 e. The highest BCUT2D eigenvalue weighted by Crippen LogP contribution is 2.29. The molecule has 104 valence electrons. The molecule has 0 aliphatic carbocycles. The van der Waals surface area contributed by atoms with Crippen molar-refractivity contribution in [2.24, 2.45) is 11.7 Å². The summed E-state index contributed by atoms with van der Waals surface area (Å²) >= 11 is 5.74. The molecule has 0 saturated carbocycles. The van der Waals surface area contributed by atoms with Crippen molar-refractivity contribution in [3.05, 3.63) is 23.2 Å². The maximum absolute atomic E-state index is 12.4. The number of nitrogen functional groups attached to an aromatic ring is 1. The van der Waals surface area contributed by atoms with Gasteiger partial charge in [0, 0.05) is 18.1 Å². The molecule has 1 saturated heterocycles. The maximum atomic E-state index is 12.4. The third-order valence-corrected chi connectivity index (χ3v) is 5.32. The van der Waals surface area contributed by atoms with Crippen LogP contribution in [0.5, 0.6) is 0 Å². The van der Waals surface area contributed by atoms with E-state index in [0.29, 0.717) is 11.4 Å². The van der Waals surface area contributed by atoms with Crippen molar-refractivity contribution in [1.82, 2.24) is 4.31 Å². The Morgan fingerprint density at radius 1 is 1.42 bits per heavy atom. The smallest absolute Gasteiger partial charge is 0.245 e. The highest BCUT2D eigenvalue weighted by atomic mass is 35.5. The van der Waals surface area contributed by atoms with Crippen molar-refractivity contribution in [2.75, 3.05) is 18.8 Å². The molecule has 1 aliphatic heterocycles. The molecule has 0 aromatic heterocycles. The maximum Gasteiger partial charge on any atom is 0.245 e. The second kappa shape index (κ2) is 4.99. The van der Waals surface area contributed by atoms with Crippen LogP contribution in [0.2, 0.25) is 5.02 Å². The van der Waals surface area contributed by atoms with Crippen molar-refractivity contribution < 1.29 is 13.2 Å². The van der Waals surface area contributed by atoms with E-state index in [9.17, 15) is 13.2 Å². The predicted molar refractivity (Wildman–Crippen MR) is 71.9 cm³/mol. The zero-order valence-electron chi connectivity index (χ0n) is 10.0. The summed E-state index contributed by atoms with van der Waals surface area (Å²) in [6.45, 7) is 0.359. The molecular weight excluding hydrogens is 290 g/mol. The van der Waals surface area contributed by atoms with Crippen molar-refractivity contribution >= 4 is 33.2 Å². The van der Waals surface area contributed by atoms with E-state index in [0.717, 1.165) is 0 Å². The standard InChI is InChI=1S/C11H14ClN3O3S/c12-8-1-2-10(9(13)5-8)19(17,18)15-4-3-7(6-15)11(14)16/h1-2,5,7H,3-4,6,13H2,(H2,14,16). The van der Waals surface area contributed by atoms with Crippen molar-refractivity contribution in [3.63, 3.8) is 0 Å². The van der Waals surface area contributed by atoms with Crippen LogP contribution in [0, 0.1) is 5.92 Å². The van der Waals surface area contributed by atoms with Gasteiger partial charge in [-0.05, 0) is 24.6 Å². The van der Waals surface area contributed by atoms with Gasteiger partial charge in [0.25, 0.3) is 0 Å².